The van der Waals surface area contributed by atoms with E-state index in [-0.39, 0.29) is 0 Å². The average Bonchev–Trinajstić information content (AvgIpc) is 2.25. The molecule has 100 valence electrons. The number of aryl methyl sites for hydroxylation is 1. The zero-order valence-electron chi connectivity index (χ0n) is 9.47. The number of hydrogen-bond acceptors (Lipinski definition) is 2. The molecule has 1 aromatic rings. The van der Waals surface area contributed by atoms with Crippen LogP contribution in [0.15, 0.2) is 18.2 Å². The molecule has 1 amide bonds. The van der Waals surface area contributed by atoms with Crippen molar-refractivity contribution in [2.24, 2.45) is 0 Å². The fourth-order valence-corrected chi connectivity index (χ4v) is 1.46. The highest BCUT2D eigenvalue weighted by Crippen LogP contribution is 2.27. The molecule has 1 aromatic carbocycles. The molecule has 0 unspecified atom stereocenters. The maximum Gasteiger partial charge on any atom is 0.405 e. The third-order valence-electron chi connectivity index (χ3n) is 2.00. The van der Waals surface area contributed by atoms with Gasteiger partial charge in [-0.05, 0) is 18.6 Å². The summed E-state index contributed by atoms with van der Waals surface area (Å²) in [5.41, 5.74) is 0.700. The van der Waals surface area contributed by atoms with Gasteiger partial charge in [0, 0.05) is 0 Å². The number of hydrogen-bond donors (Lipinski definition) is 1. The van der Waals surface area contributed by atoms with Gasteiger partial charge in [-0.2, -0.15) is 13.2 Å². The molecule has 0 aliphatic carbocycles. The monoisotopic (exact) mass is 281 g/mol. The fraction of sp³-hybridized carbons (Fsp3) is 0.364. The van der Waals surface area contributed by atoms with E-state index < -0.39 is 25.2 Å². The number of carbonyl (C=O) groups is 1. The minimum atomic E-state index is -4.43. The lowest BCUT2D eigenvalue weighted by atomic mass is 10.2. The minimum Gasteiger partial charge on any atom is -0.482 e. The van der Waals surface area contributed by atoms with Gasteiger partial charge in [0.15, 0.2) is 6.61 Å². The Bertz CT molecular complexity index is 415. The summed E-state index contributed by atoms with van der Waals surface area (Å²) < 4.78 is 40.6. The van der Waals surface area contributed by atoms with E-state index in [2.05, 4.69) is 0 Å². The Morgan fingerprint density at radius 2 is 2.11 bits per heavy atom. The quantitative estimate of drug-likeness (QED) is 0.921. The van der Waals surface area contributed by atoms with E-state index >= 15 is 0 Å². The lowest BCUT2D eigenvalue weighted by Crippen LogP contribution is -2.36. The third kappa shape index (κ3) is 4.83. The molecule has 0 aliphatic heterocycles. The van der Waals surface area contributed by atoms with Crippen molar-refractivity contribution in [3.05, 3.63) is 28.8 Å². The number of para-hydroxylation sites is 1. The first-order valence-electron chi connectivity index (χ1n) is 5.01. The summed E-state index contributed by atoms with van der Waals surface area (Å²) in [6.45, 7) is -0.174. The molecule has 1 rings (SSSR count). The molecule has 0 aromatic heterocycles. The first-order valence-corrected chi connectivity index (χ1v) is 5.39. The zero-order valence-corrected chi connectivity index (χ0v) is 10.2. The summed E-state index contributed by atoms with van der Waals surface area (Å²) in [6, 6.07) is 4.99. The van der Waals surface area contributed by atoms with Crippen molar-refractivity contribution in [2.45, 2.75) is 13.1 Å². The smallest absolute Gasteiger partial charge is 0.405 e. The summed E-state index contributed by atoms with van der Waals surface area (Å²) in [6.07, 6.45) is -4.43. The van der Waals surface area contributed by atoms with Gasteiger partial charge in [0.25, 0.3) is 5.91 Å². The first-order chi connectivity index (χ1) is 8.29. The Kier molecular flexibility index (Phi) is 4.84. The van der Waals surface area contributed by atoms with E-state index in [1.807, 2.05) is 0 Å². The second kappa shape index (κ2) is 5.95. The highest BCUT2D eigenvalue weighted by atomic mass is 35.5. The van der Waals surface area contributed by atoms with Crippen LogP contribution in [0.25, 0.3) is 0 Å². The van der Waals surface area contributed by atoms with E-state index in [0.29, 0.717) is 16.3 Å². The van der Waals surface area contributed by atoms with E-state index in [4.69, 9.17) is 16.3 Å². The van der Waals surface area contributed by atoms with Crippen LogP contribution >= 0.6 is 11.6 Å². The molecule has 0 bridgehead atoms. The number of alkyl halides is 3. The van der Waals surface area contributed by atoms with Crippen molar-refractivity contribution < 1.29 is 22.7 Å². The van der Waals surface area contributed by atoms with Crippen LogP contribution in [0, 0.1) is 6.92 Å². The van der Waals surface area contributed by atoms with Gasteiger partial charge in [-0.1, -0.05) is 23.7 Å². The average molecular weight is 282 g/mol. The SMILES string of the molecule is Cc1cccc(Cl)c1OCC(=O)NCC(F)(F)F. The number of amides is 1. The van der Waals surface area contributed by atoms with Crippen LogP contribution in [0.2, 0.25) is 5.02 Å². The fourth-order valence-electron chi connectivity index (χ4n) is 1.19. The molecule has 0 fully saturated rings. The van der Waals surface area contributed by atoms with Gasteiger partial charge < -0.3 is 10.1 Å². The number of rotatable bonds is 4. The second-order valence-corrected chi connectivity index (χ2v) is 3.97. The standard InChI is InChI=1S/C11H11ClF3NO2/c1-7-3-2-4-8(12)10(7)18-5-9(17)16-6-11(13,14)15/h2-4H,5-6H2,1H3,(H,16,17). The van der Waals surface area contributed by atoms with E-state index in [9.17, 15) is 18.0 Å². The molecule has 0 radical (unpaired) electrons. The number of benzene rings is 1. The van der Waals surface area contributed by atoms with Gasteiger partial charge in [0.05, 0.1) is 5.02 Å². The van der Waals surface area contributed by atoms with Crippen molar-refractivity contribution in [2.75, 3.05) is 13.2 Å². The Hall–Kier alpha value is -1.43. The van der Waals surface area contributed by atoms with Crippen molar-refractivity contribution in [3.8, 4) is 5.75 Å². The number of halogens is 4. The molecule has 0 saturated heterocycles. The van der Waals surface area contributed by atoms with Gasteiger partial charge in [0.1, 0.15) is 12.3 Å². The summed E-state index contributed by atoms with van der Waals surface area (Å²) in [5, 5.41) is 2.00. The van der Waals surface area contributed by atoms with Crippen molar-refractivity contribution in [3.63, 3.8) is 0 Å². The molecule has 1 N–H and O–H groups in total. The van der Waals surface area contributed by atoms with Crippen molar-refractivity contribution in [1.82, 2.24) is 5.32 Å². The van der Waals surface area contributed by atoms with Gasteiger partial charge in [-0.25, -0.2) is 0 Å². The lowest BCUT2D eigenvalue weighted by molar-refractivity contribution is -0.139. The maximum absolute atomic E-state index is 11.8. The second-order valence-electron chi connectivity index (χ2n) is 3.57. The number of ether oxygens (including phenoxy) is 1. The van der Waals surface area contributed by atoms with Crippen LogP contribution in [0.1, 0.15) is 5.56 Å². The van der Waals surface area contributed by atoms with E-state index in [1.54, 1.807) is 30.4 Å². The summed E-state index contributed by atoms with van der Waals surface area (Å²) >= 11 is 5.83. The Morgan fingerprint density at radius 3 is 2.67 bits per heavy atom. The highest BCUT2D eigenvalue weighted by Gasteiger charge is 2.27. The maximum atomic E-state index is 11.8. The molecule has 3 nitrogen and oxygen atoms in total. The van der Waals surface area contributed by atoms with Gasteiger partial charge in [-0.15, -0.1) is 0 Å². The molecule has 7 heteroatoms. The molecule has 18 heavy (non-hydrogen) atoms. The Labute approximate surface area is 107 Å². The van der Waals surface area contributed by atoms with Gasteiger partial charge in [0.2, 0.25) is 0 Å². The number of carbonyl (C=O) groups excluding carboxylic acids is 1. The predicted octanol–water partition coefficient (Wildman–Crippen LogP) is 2.71. The van der Waals surface area contributed by atoms with Crippen LogP contribution in [-0.4, -0.2) is 25.2 Å². The normalized spacial score (nSPS) is 11.2. The van der Waals surface area contributed by atoms with E-state index in [0.717, 1.165) is 0 Å². The van der Waals surface area contributed by atoms with E-state index in [1.165, 1.54) is 0 Å². The summed E-state index contributed by atoms with van der Waals surface area (Å²) in [7, 11) is 0. The van der Waals surface area contributed by atoms with Gasteiger partial charge >= 0.3 is 6.18 Å². The molecule has 0 spiro atoms. The molecule has 0 heterocycles. The Morgan fingerprint density at radius 1 is 1.44 bits per heavy atom. The summed E-state index contributed by atoms with van der Waals surface area (Å²) in [5.74, 6) is -0.562. The largest absolute Gasteiger partial charge is 0.482 e. The van der Waals surface area contributed by atoms with Crippen molar-refractivity contribution >= 4 is 17.5 Å². The summed E-state index contributed by atoms with van der Waals surface area (Å²) in [4.78, 5) is 11.1. The van der Waals surface area contributed by atoms with Crippen LogP contribution < -0.4 is 10.1 Å². The van der Waals surface area contributed by atoms with Crippen LogP contribution in [0.5, 0.6) is 5.75 Å². The van der Waals surface area contributed by atoms with Crippen molar-refractivity contribution in [1.29, 1.82) is 0 Å². The molecule has 0 aliphatic rings. The zero-order chi connectivity index (χ0) is 13.8. The van der Waals surface area contributed by atoms with Crippen LogP contribution in [0.4, 0.5) is 13.2 Å². The van der Waals surface area contributed by atoms with Crippen LogP contribution in [0.3, 0.4) is 0 Å². The Balaban J connectivity index is 2.48. The minimum absolute atomic E-state index is 0.293. The van der Waals surface area contributed by atoms with Crippen LogP contribution in [-0.2, 0) is 4.79 Å². The molecular weight excluding hydrogens is 271 g/mol. The molecule has 0 atom stereocenters. The predicted molar refractivity (Wildman–Crippen MR) is 60.7 cm³/mol. The number of nitrogens with one attached hydrogen (secondary N) is 1. The molecular formula is C11H11ClF3NO2. The third-order valence-corrected chi connectivity index (χ3v) is 2.30. The van der Waals surface area contributed by atoms with Gasteiger partial charge in [-0.3, -0.25) is 4.79 Å². The lowest BCUT2D eigenvalue weighted by Gasteiger charge is -2.11. The first kappa shape index (κ1) is 14.6. The topological polar surface area (TPSA) is 38.3 Å². The highest BCUT2D eigenvalue weighted by molar-refractivity contribution is 6.32. The molecule has 0 saturated carbocycles.